The molecule has 10 nitrogen and oxygen atoms in total. The van der Waals surface area contributed by atoms with Crippen LogP contribution in [0, 0.1) is 0 Å². The maximum absolute atomic E-state index is 13.9. The summed E-state index contributed by atoms with van der Waals surface area (Å²) in [5.74, 6) is 4.96. The lowest BCUT2D eigenvalue weighted by molar-refractivity contribution is -0.122. The molecule has 1 fully saturated rings. The van der Waals surface area contributed by atoms with Crippen molar-refractivity contribution < 1.29 is 4.79 Å². The lowest BCUT2D eigenvalue weighted by Gasteiger charge is -2.25. The van der Waals surface area contributed by atoms with Crippen LogP contribution in [-0.2, 0) is 4.79 Å². The number of allylic oxidation sites excluding steroid dienone is 3. The summed E-state index contributed by atoms with van der Waals surface area (Å²) in [5, 5.41) is 0. The Bertz CT molecular complexity index is 1780. The predicted molar refractivity (Wildman–Crippen MR) is 192 cm³/mol. The molecule has 234 valence electrons. The molecule has 0 spiro atoms. The average Bonchev–Trinajstić information content (AvgIpc) is 3.65. The summed E-state index contributed by atoms with van der Waals surface area (Å²) in [6.45, 7) is 13.6. The van der Waals surface area contributed by atoms with Gasteiger partial charge < -0.3 is 19.6 Å². The van der Waals surface area contributed by atoms with Gasteiger partial charge in [0.25, 0.3) is 5.91 Å². The van der Waals surface area contributed by atoms with Crippen molar-refractivity contribution in [3.8, 4) is 0 Å². The number of thiocarbonyl (C=S) groups is 1. The van der Waals surface area contributed by atoms with Crippen LogP contribution >= 0.6 is 24.0 Å². The fourth-order valence-corrected chi connectivity index (χ4v) is 7.66. The Balaban J connectivity index is 1.44. The lowest BCUT2D eigenvalue weighted by Crippen LogP contribution is -2.30. The van der Waals surface area contributed by atoms with Gasteiger partial charge in [-0.2, -0.15) is 0 Å². The molecule has 5 heterocycles. The molecule has 3 aliphatic rings. The molecule has 12 heteroatoms. The minimum atomic E-state index is -0.0895. The van der Waals surface area contributed by atoms with E-state index in [1.165, 1.54) is 11.8 Å². The second-order valence-corrected chi connectivity index (χ2v) is 12.5. The summed E-state index contributed by atoms with van der Waals surface area (Å²) in [6, 6.07) is 15.9. The first-order chi connectivity index (χ1) is 22.4. The number of carbonyl (C=O) groups excluding carboxylic acids is 1. The number of hydrogen-bond donors (Lipinski definition) is 0. The van der Waals surface area contributed by atoms with E-state index in [-0.39, 0.29) is 5.91 Å². The number of para-hydroxylation sites is 4. The summed E-state index contributed by atoms with van der Waals surface area (Å²) in [4.78, 5) is 45.0. The molecule has 7 rings (SSSR count). The van der Waals surface area contributed by atoms with Gasteiger partial charge in [0.2, 0.25) is 0 Å². The fraction of sp³-hybridized carbons (Fsp3) is 0.294. The number of carbonyl (C=O) groups is 1. The quantitative estimate of drug-likeness (QED) is 0.164. The van der Waals surface area contributed by atoms with E-state index in [1.807, 2.05) is 55.5 Å². The van der Waals surface area contributed by atoms with Crippen molar-refractivity contribution in [1.82, 2.24) is 24.8 Å². The van der Waals surface area contributed by atoms with E-state index < -0.39 is 0 Å². The van der Waals surface area contributed by atoms with Gasteiger partial charge in [-0.3, -0.25) is 9.69 Å². The van der Waals surface area contributed by atoms with Crippen molar-refractivity contribution in [2.75, 3.05) is 52.3 Å². The highest BCUT2D eigenvalue weighted by Crippen LogP contribution is 2.44. The van der Waals surface area contributed by atoms with Gasteiger partial charge in [-0.15, -0.1) is 0 Å². The van der Waals surface area contributed by atoms with Gasteiger partial charge in [0.1, 0.15) is 16.0 Å². The molecule has 0 radical (unpaired) electrons. The molecule has 1 amide bonds. The third-order valence-corrected chi connectivity index (χ3v) is 9.94. The van der Waals surface area contributed by atoms with E-state index in [0.717, 1.165) is 62.6 Å². The second-order valence-electron chi connectivity index (χ2n) is 10.9. The molecule has 0 aliphatic carbocycles. The number of fused-ring (bicyclic) bond motifs is 4. The van der Waals surface area contributed by atoms with Gasteiger partial charge in [-0.05, 0) is 71.0 Å². The van der Waals surface area contributed by atoms with Crippen LogP contribution in [0.4, 0.5) is 23.3 Å². The molecule has 0 saturated carbocycles. The summed E-state index contributed by atoms with van der Waals surface area (Å²) in [6.07, 6.45) is 4.19. The van der Waals surface area contributed by atoms with Crippen LogP contribution in [0.25, 0.3) is 22.1 Å². The van der Waals surface area contributed by atoms with Gasteiger partial charge in [0.15, 0.2) is 23.3 Å². The zero-order valence-electron chi connectivity index (χ0n) is 26.6. The average molecular weight is 650 g/mol. The molecule has 2 aromatic carbocycles. The van der Waals surface area contributed by atoms with Crippen molar-refractivity contribution >= 4 is 79.5 Å². The highest BCUT2D eigenvalue weighted by molar-refractivity contribution is 8.26. The summed E-state index contributed by atoms with van der Waals surface area (Å²) < 4.78 is 0.560. The highest BCUT2D eigenvalue weighted by Gasteiger charge is 2.38. The molecule has 0 bridgehead atoms. The van der Waals surface area contributed by atoms with E-state index in [9.17, 15) is 4.79 Å². The number of thioether (sulfide) groups is 1. The van der Waals surface area contributed by atoms with Gasteiger partial charge in [-0.25, -0.2) is 19.9 Å². The Hall–Kier alpha value is -4.55. The zero-order valence-corrected chi connectivity index (χ0v) is 28.2. The normalized spacial score (nSPS) is 16.0. The third-order valence-electron chi connectivity index (χ3n) is 8.46. The zero-order chi connectivity index (χ0) is 32.1. The number of rotatable bonds is 7. The van der Waals surface area contributed by atoms with E-state index >= 15 is 0 Å². The van der Waals surface area contributed by atoms with E-state index in [1.54, 1.807) is 4.90 Å². The molecule has 0 N–H and O–H groups in total. The van der Waals surface area contributed by atoms with Crippen LogP contribution in [0.5, 0.6) is 0 Å². The number of hydrogen-bond acceptors (Lipinski definition) is 11. The second kappa shape index (κ2) is 12.0. The highest BCUT2D eigenvalue weighted by atomic mass is 32.2. The van der Waals surface area contributed by atoms with Crippen LogP contribution in [0.2, 0.25) is 0 Å². The molecule has 0 atom stereocenters. The van der Waals surface area contributed by atoms with Crippen molar-refractivity contribution in [2.45, 2.75) is 34.6 Å². The number of nitrogens with zero attached hydrogens (tertiary/aromatic N) is 9. The van der Waals surface area contributed by atoms with Crippen LogP contribution < -0.4 is 19.6 Å². The Labute approximate surface area is 278 Å². The minimum Gasteiger partial charge on any atom is -0.310 e. The molecule has 4 aromatic rings. The van der Waals surface area contributed by atoms with Gasteiger partial charge in [0, 0.05) is 38.3 Å². The van der Waals surface area contributed by atoms with Crippen molar-refractivity contribution in [3.63, 3.8) is 0 Å². The topological polar surface area (TPSA) is 84.8 Å². The summed E-state index contributed by atoms with van der Waals surface area (Å²) in [7, 11) is 0. The summed E-state index contributed by atoms with van der Waals surface area (Å²) >= 11 is 7.03. The maximum Gasteiger partial charge on any atom is 0.266 e. The summed E-state index contributed by atoms with van der Waals surface area (Å²) in [5.41, 5.74) is 4.14. The number of anilines is 4. The number of benzene rings is 2. The van der Waals surface area contributed by atoms with Crippen LogP contribution in [0.1, 0.15) is 34.6 Å². The monoisotopic (exact) mass is 649 g/mol. The molecule has 3 aliphatic heterocycles. The van der Waals surface area contributed by atoms with E-state index in [2.05, 4.69) is 59.4 Å². The molecule has 46 heavy (non-hydrogen) atoms. The maximum atomic E-state index is 13.9. The predicted octanol–water partition coefficient (Wildman–Crippen LogP) is 6.42. The number of aromatic nitrogens is 4. The first kappa shape index (κ1) is 30.1. The minimum absolute atomic E-state index is 0.0895. The Morgan fingerprint density at radius 3 is 1.22 bits per heavy atom. The third kappa shape index (κ3) is 4.70. The SMILES string of the molecule is CCN1C(=O)C(=C(C=C2N(CC)c3nc4ccccc4nc3N2CC)C=C2N(CC)c3nc4ccccc4nc3N2CC)SC1=S. The Morgan fingerprint density at radius 2 is 0.935 bits per heavy atom. The molecule has 0 unspecified atom stereocenters. The van der Waals surface area contributed by atoms with Crippen molar-refractivity contribution in [3.05, 3.63) is 82.8 Å². The number of amides is 1. The largest absolute Gasteiger partial charge is 0.310 e. The Kier molecular flexibility index (Phi) is 7.85. The fourth-order valence-electron chi connectivity index (χ4n) is 6.27. The Morgan fingerprint density at radius 1 is 0.609 bits per heavy atom. The van der Waals surface area contributed by atoms with Gasteiger partial charge >= 0.3 is 0 Å². The van der Waals surface area contributed by atoms with E-state index in [4.69, 9.17) is 32.2 Å². The standard InChI is InChI=1S/C34H35N9OS2/c1-6-39-26(40(7-2)30-29(39)35-22-15-11-12-16-23(22)36-30)19-21(28-33(44)43(10-5)34(45)46-28)20-27-41(8-3)31-32(42(27)9-4)38-25-18-14-13-17-24(25)37-31/h11-20H,6-10H2,1-5H3. The van der Waals surface area contributed by atoms with Crippen LogP contribution in [0.3, 0.4) is 0 Å². The molecule has 1 saturated heterocycles. The first-order valence-electron chi connectivity index (χ1n) is 15.8. The van der Waals surface area contributed by atoms with Gasteiger partial charge in [-0.1, -0.05) is 48.2 Å². The van der Waals surface area contributed by atoms with Crippen LogP contribution in [-0.4, -0.2) is 67.8 Å². The lowest BCUT2D eigenvalue weighted by atomic mass is 10.1. The smallest absolute Gasteiger partial charge is 0.266 e. The van der Waals surface area contributed by atoms with Crippen molar-refractivity contribution in [2.24, 2.45) is 0 Å². The molecular formula is C34H35N9OS2. The van der Waals surface area contributed by atoms with Gasteiger partial charge in [0.05, 0.1) is 27.0 Å². The van der Waals surface area contributed by atoms with E-state index in [0.29, 0.717) is 41.9 Å². The molecular weight excluding hydrogens is 615 g/mol. The molecule has 2 aromatic heterocycles. The number of likely N-dealkylation sites (N-methyl/N-ethyl adjacent to an activating group) is 1. The van der Waals surface area contributed by atoms with Crippen molar-refractivity contribution in [1.29, 1.82) is 0 Å². The first-order valence-corrected chi connectivity index (χ1v) is 17.0. The van der Waals surface area contributed by atoms with Crippen LogP contribution in [0.15, 0.2) is 82.8 Å².